The lowest BCUT2D eigenvalue weighted by molar-refractivity contribution is 0.0998. The van der Waals surface area contributed by atoms with E-state index in [1.165, 1.54) is 0 Å². The summed E-state index contributed by atoms with van der Waals surface area (Å²) in [6.07, 6.45) is 1.43. The number of H-pyrrole nitrogens is 1. The number of aryl methyl sites for hydroxylation is 1. The van der Waals surface area contributed by atoms with Gasteiger partial charge in [-0.15, -0.1) is 0 Å². The van der Waals surface area contributed by atoms with Crippen LogP contribution >= 0.6 is 0 Å². The number of benzene rings is 1. The average molecular weight is 496 g/mol. The van der Waals surface area contributed by atoms with Crippen LogP contribution in [0.5, 0.6) is 11.5 Å². The van der Waals surface area contributed by atoms with Gasteiger partial charge >= 0.3 is 5.91 Å². The maximum absolute atomic E-state index is 11.9. The van der Waals surface area contributed by atoms with Crippen molar-refractivity contribution in [1.82, 2.24) is 9.97 Å². The molecule has 0 saturated heterocycles. The van der Waals surface area contributed by atoms with E-state index in [4.69, 9.17) is 30.0 Å². The van der Waals surface area contributed by atoms with Gasteiger partial charge in [-0.25, -0.2) is 4.98 Å². The topological polar surface area (TPSA) is 237 Å². The standard InChI is InChI=1S/C14H17N5O3.2CH4O3S/c1-7-11(13(20)19-14(15)16)18-12(17-7)8-4-5-9(21-2)10(6-8)22-3;2*1-5(2,3)4/h4-6H,1-3H3,(H,17,18)(H4,15,16,19,20);2*1H3,(H,2,3,4). The first kappa shape index (κ1) is 28.8. The molecule has 0 atom stereocenters. The third kappa shape index (κ3) is 12.5. The van der Waals surface area contributed by atoms with Crippen LogP contribution in [0.3, 0.4) is 0 Å². The van der Waals surface area contributed by atoms with Crippen LogP contribution in [0.2, 0.25) is 0 Å². The highest BCUT2D eigenvalue weighted by Gasteiger charge is 2.16. The zero-order valence-electron chi connectivity index (χ0n) is 17.8. The van der Waals surface area contributed by atoms with Crippen molar-refractivity contribution in [3.8, 4) is 22.9 Å². The highest BCUT2D eigenvalue weighted by Crippen LogP contribution is 2.31. The number of nitrogens with one attached hydrogen (secondary N) is 1. The minimum Gasteiger partial charge on any atom is -0.493 e. The van der Waals surface area contributed by atoms with Crippen LogP contribution in [0.15, 0.2) is 23.2 Å². The minimum atomic E-state index is -3.67. The molecule has 1 amide bonds. The fourth-order valence-electron chi connectivity index (χ4n) is 1.96. The van der Waals surface area contributed by atoms with Crippen LogP contribution < -0.4 is 20.9 Å². The number of methoxy groups -OCH3 is 2. The Morgan fingerprint density at radius 1 is 1.03 bits per heavy atom. The molecule has 0 aliphatic carbocycles. The molecule has 0 bridgehead atoms. The number of carbonyl (C=O) groups excluding carboxylic acids is 1. The van der Waals surface area contributed by atoms with Crippen molar-refractivity contribution in [2.75, 3.05) is 26.7 Å². The van der Waals surface area contributed by atoms with Crippen molar-refractivity contribution in [3.05, 3.63) is 29.6 Å². The number of aromatic nitrogens is 2. The number of carbonyl (C=O) groups is 1. The molecule has 2 rings (SSSR count). The molecular formula is C16H25N5O9S2. The van der Waals surface area contributed by atoms with E-state index in [-0.39, 0.29) is 11.7 Å². The minimum absolute atomic E-state index is 0.165. The van der Waals surface area contributed by atoms with Crippen LogP contribution in [0.4, 0.5) is 0 Å². The Kier molecular flexibility index (Phi) is 10.8. The van der Waals surface area contributed by atoms with E-state index in [1.54, 1.807) is 39.3 Å². The highest BCUT2D eigenvalue weighted by molar-refractivity contribution is 7.85. The fraction of sp³-hybridized carbons (Fsp3) is 0.312. The number of hydrogen-bond donors (Lipinski definition) is 5. The SMILES string of the molecule is COc1ccc(-c2nc(C(=O)N=C(N)N)c(C)[nH]2)cc1OC.CS(=O)(=O)O.CS(=O)(=O)O. The molecule has 1 heterocycles. The number of nitrogens with two attached hydrogens (primary N) is 2. The monoisotopic (exact) mass is 495 g/mol. The van der Waals surface area contributed by atoms with Gasteiger partial charge in [0.05, 0.1) is 26.7 Å². The van der Waals surface area contributed by atoms with Gasteiger partial charge in [0.25, 0.3) is 20.2 Å². The summed E-state index contributed by atoms with van der Waals surface area (Å²) < 4.78 is 62.2. The van der Waals surface area contributed by atoms with Gasteiger partial charge in [-0.05, 0) is 25.1 Å². The summed E-state index contributed by atoms with van der Waals surface area (Å²) in [6.45, 7) is 1.71. The molecule has 2 aromatic rings. The second-order valence-corrected chi connectivity index (χ2v) is 8.87. The predicted octanol–water partition coefficient (Wildman–Crippen LogP) is -0.176. The second kappa shape index (κ2) is 12.0. The van der Waals surface area contributed by atoms with E-state index >= 15 is 0 Å². The van der Waals surface area contributed by atoms with Crippen molar-refractivity contribution in [3.63, 3.8) is 0 Å². The summed E-state index contributed by atoms with van der Waals surface area (Å²) >= 11 is 0. The molecule has 14 nitrogen and oxygen atoms in total. The van der Waals surface area contributed by atoms with Gasteiger partial charge in [-0.3, -0.25) is 13.9 Å². The smallest absolute Gasteiger partial charge is 0.300 e. The molecule has 32 heavy (non-hydrogen) atoms. The first-order valence-corrected chi connectivity index (χ1v) is 11.9. The Labute approximate surface area is 185 Å². The predicted molar refractivity (Wildman–Crippen MR) is 117 cm³/mol. The van der Waals surface area contributed by atoms with Crippen molar-refractivity contribution in [1.29, 1.82) is 0 Å². The largest absolute Gasteiger partial charge is 0.493 e. The number of amides is 1. The molecule has 1 aromatic carbocycles. The van der Waals surface area contributed by atoms with E-state index in [9.17, 15) is 21.6 Å². The molecule has 16 heteroatoms. The second-order valence-electron chi connectivity index (χ2n) is 5.94. The number of aliphatic imine (C=N–C) groups is 1. The number of rotatable bonds is 4. The number of aromatic amines is 1. The molecule has 7 N–H and O–H groups in total. The van der Waals surface area contributed by atoms with E-state index < -0.39 is 26.1 Å². The van der Waals surface area contributed by atoms with E-state index in [1.807, 2.05) is 0 Å². The first-order valence-electron chi connectivity index (χ1n) is 8.24. The van der Waals surface area contributed by atoms with Crippen LogP contribution in [0, 0.1) is 6.92 Å². The Hall–Kier alpha value is -3.21. The van der Waals surface area contributed by atoms with Gasteiger partial charge in [0.15, 0.2) is 23.2 Å². The summed E-state index contributed by atoms with van der Waals surface area (Å²) in [4.78, 5) is 22.6. The molecule has 0 unspecified atom stereocenters. The maximum Gasteiger partial charge on any atom is 0.300 e. The van der Waals surface area contributed by atoms with Crippen LogP contribution in [0.25, 0.3) is 11.4 Å². The molecule has 0 fully saturated rings. The molecule has 0 saturated carbocycles. The summed E-state index contributed by atoms with van der Waals surface area (Å²) in [7, 11) is -4.23. The molecule has 0 aliphatic heterocycles. The molecule has 0 spiro atoms. The number of guanidine groups is 1. The summed E-state index contributed by atoms with van der Waals surface area (Å²) in [5.41, 5.74) is 11.9. The Morgan fingerprint density at radius 2 is 1.50 bits per heavy atom. The van der Waals surface area contributed by atoms with E-state index in [2.05, 4.69) is 15.0 Å². The van der Waals surface area contributed by atoms with E-state index in [0.717, 1.165) is 5.56 Å². The van der Waals surface area contributed by atoms with Gasteiger partial charge in [-0.2, -0.15) is 21.8 Å². The lowest BCUT2D eigenvalue weighted by atomic mass is 10.2. The van der Waals surface area contributed by atoms with Crippen molar-refractivity contribution in [2.45, 2.75) is 6.92 Å². The molecule has 180 valence electrons. The zero-order chi connectivity index (χ0) is 25.3. The fourth-order valence-corrected chi connectivity index (χ4v) is 1.96. The van der Waals surface area contributed by atoms with Crippen molar-refractivity contribution >= 4 is 32.1 Å². The first-order chi connectivity index (χ1) is 14.5. The maximum atomic E-state index is 11.9. The van der Waals surface area contributed by atoms with Gasteiger partial charge in [0.2, 0.25) is 0 Å². The van der Waals surface area contributed by atoms with Crippen molar-refractivity contribution in [2.24, 2.45) is 16.5 Å². The average Bonchev–Trinajstić information content (AvgIpc) is 2.99. The number of imidazole rings is 1. The Morgan fingerprint density at radius 3 is 1.91 bits per heavy atom. The summed E-state index contributed by atoms with van der Waals surface area (Å²) in [5.74, 6) is 0.769. The lowest BCUT2D eigenvalue weighted by Gasteiger charge is -2.08. The Bertz CT molecular complexity index is 1120. The molecule has 0 radical (unpaired) electrons. The number of hydrogen-bond acceptors (Lipinski definition) is 8. The third-order valence-electron chi connectivity index (χ3n) is 2.97. The zero-order valence-corrected chi connectivity index (χ0v) is 19.5. The Balaban J connectivity index is 0.000000805. The summed E-state index contributed by atoms with van der Waals surface area (Å²) in [5, 5.41) is 0. The van der Waals surface area contributed by atoms with Gasteiger partial charge in [0.1, 0.15) is 5.82 Å². The third-order valence-corrected chi connectivity index (χ3v) is 2.97. The molecule has 0 aliphatic rings. The van der Waals surface area contributed by atoms with E-state index in [0.29, 0.717) is 35.5 Å². The molecule has 1 aromatic heterocycles. The van der Waals surface area contributed by atoms with Gasteiger partial charge in [-0.1, -0.05) is 0 Å². The van der Waals surface area contributed by atoms with Gasteiger partial charge in [0, 0.05) is 11.3 Å². The molecular weight excluding hydrogens is 470 g/mol. The van der Waals surface area contributed by atoms with Crippen LogP contribution in [-0.2, 0) is 20.2 Å². The number of ether oxygens (including phenoxy) is 2. The lowest BCUT2D eigenvalue weighted by Crippen LogP contribution is -2.24. The van der Waals surface area contributed by atoms with Crippen LogP contribution in [0.1, 0.15) is 16.2 Å². The number of nitrogens with zero attached hydrogens (tertiary/aromatic N) is 2. The summed E-state index contributed by atoms with van der Waals surface area (Å²) in [6, 6.07) is 5.31. The normalized spacial score (nSPS) is 10.6. The quantitative estimate of drug-likeness (QED) is 0.211. The highest BCUT2D eigenvalue weighted by atomic mass is 32.2. The van der Waals surface area contributed by atoms with Gasteiger partial charge < -0.3 is 25.9 Å². The van der Waals surface area contributed by atoms with Crippen molar-refractivity contribution < 1.29 is 40.2 Å². The van der Waals surface area contributed by atoms with Crippen LogP contribution in [-0.4, -0.2) is 74.5 Å².